The van der Waals surface area contributed by atoms with Gasteiger partial charge in [0.1, 0.15) is 5.60 Å². The fourth-order valence-electron chi connectivity index (χ4n) is 2.58. The van der Waals surface area contributed by atoms with E-state index in [2.05, 4.69) is 5.32 Å². The number of carbonyl (C=O) groups is 1. The van der Waals surface area contributed by atoms with Crippen LogP contribution >= 0.6 is 23.2 Å². The van der Waals surface area contributed by atoms with E-state index in [1.165, 1.54) is 0 Å². The third kappa shape index (κ3) is 5.78. The monoisotopic (exact) mass is 358 g/mol. The molecular weight excluding hydrogens is 335 g/mol. The highest BCUT2D eigenvalue weighted by Gasteiger charge is 2.25. The zero-order valence-electron chi connectivity index (χ0n) is 13.9. The molecule has 1 unspecified atom stereocenters. The third-order valence-electron chi connectivity index (χ3n) is 3.67. The smallest absolute Gasteiger partial charge is 0.410 e. The van der Waals surface area contributed by atoms with Gasteiger partial charge in [-0.3, -0.25) is 0 Å². The van der Waals surface area contributed by atoms with Crippen molar-refractivity contribution in [1.29, 1.82) is 0 Å². The second-order valence-electron chi connectivity index (χ2n) is 6.86. The Morgan fingerprint density at radius 1 is 1.26 bits per heavy atom. The minimum Gasteiger partial charge on any atom is -0.444 e. The van der Waals surface area contributed by atoms with E-state index in [-0.39, 0.29) is 12.1 Å². The van der Waals surface area contributed by atoms with E-state index in [1.54, 1.807) is 17.0 Å². The molecule has 2 rings (SSSR count). The van der Waals surface area contributed by atoms with Crippen LogP contribution in [0.2, 0.25) is 10.0 Å². The number of benzene rings is 1. The number of rotatable bonds is 2. The van der Waals surface area contributed by atoms with Crippen LogP contribution in [0, 0.1) is 0 Å². The van der Waals surface area contributed by atoms with Gasteiger partial charge in [-0.15, -0.1) is 0 Å². The Hall–Kier alpha value is -1.13. The summed E-state index contributed by atoms with van der Waals surface area (Å²) in [5, 5.41) is 4.75. The number of anilines is 1. The minimum atomic E-state index is -0.463. The molecule has 1 aliphatic heterocycles. The number of ether oxygens (including phenoxy) is 1. The number of carbonyl (C=O) groups excluding carboxylic acids is 1. The number of amides is 1. The van der Waals surface area contributed by atoms with Gasteiger partial charge < -0.3 is 15.0 Å². The van der Waals surface area contributed by atoms with Crippen LogP contribution < -0.4 is 5.32 Å². The van der Waals surface area contributed by atoms with Crippen molar-refractivity contribution in [2.75, 3.05) is 18.4 Å². The third-order valence-corrected chi connectivity index (χ3v) is 4.23. The first kappa shape index (κ1) is 18.2. The summed E-state index contributed by atoms with van der Waals surface area (Å²) in [7, 11) is 0. The molecule has 1 amide bonds. The Labute approximate surface area is 148 Å². The maximum absolute atomic E-state index is 12.2. The average Bonchev–Trinajstić information content (AvgIpc) is 2.67. The van der Waals surface area contributed by atoms with Gasteiger partial charge in [0.2, 0.25) is 0 Å². The highest BCUT2D eigenvalue weighted by molar-refractivity contribution is 6.35. The molecule has 1 saturated heterocycles. The molecule has 0 spiro atoms. The maximum atomic E-state index is 12.2. The molecule has 0 radical (unpaired) electrons. The normalized spacial score (nSPS) is 19.2. The molecule has 1 atom stereocenters. The van der Waals surface area contributed by atoms with E-state index < -0.39 is 5.60 Å². The number of nitrogens with one attached hydrogen (secondary N) is 1. The molecule has 1 heterocycles. The Morgan fingerprint density at radius 2 is 2.00 bits per heavy atom. The topological polar surface area (TPSA) is 41.6 Å². The highest BCUT2D eigenvalue weighted by Crippen LogP contribution is 2.28. The second-order valence-corrected chi connectivity index (χ2v) is 7.71. The van der Waals surface area contributed by atoms with E-state index in [0.717, 1.165) is 31.5 Å². The zero-order valence-corrected chi connectivity index (χ0v) is 15.4. The van der Waals surface area contributed by atoms with Crippen LogP contribution in [0.5, 0.6) is 0 Å². The number of hydrogen-bond acceptors (Lipinski definition) is 3. The van der Waals surface area contributed by atoms with Crippen LogP contribution in [0.15, 0.2) is 18.2 Å². The quantitative estimate of drug-likeness (QED) is 0.790. The molecule has 0 aromatic heterocycles. The molecule has 128 valence electrons. The minimum absolute atomic E-state index is 0.237. The largest absolute Gasteiger partial charge is 0.444 e. The summed E-state index contributed by atoms with van der Waals surface area (Å²) >= 11 is 12.2. The summed E-state index contributed by atoms with van der Waals surface area (Å²) in [5.41, 5.74) is 0.380. The van der Waals surface area contributed by atoms with Gasteiger partial charge in [-0.1, -0.05) is 23.2 Å². The van der Waals surface area contributed by atoms with Gasteiger partial charge in [-0.05, 0) is 58.2 Å². The lowest BCUT2D eigenvalue weighted by Gasteiger charge is -2.26. The molecule has 0 saturated carbocycles. The number of hydrogen-bond donors (Lipinski definition) is 1. The van der Waals surface area contributed by atoms with Crippen LogP contribution in [-0.4, -0.2) is 35.7 Å². The van der Waals surface area contributed by atoms with Gasteiger partial charge in [0.05, 0.1) is 10.7 Å². The highest BCUT2D eigenvalue weighted by atomic mass is 35.5. The lowest BCUT2D eigenvalue weighted by molar-refractivity contribution is 0.0256. The van der Waals surface area contributed by atoms with E-state index in [1.807, 2.05) is 26.8 Å². The van der Waals surface area contributed by atoms with Crippen LogP contribution in [-0.2, 0) is 4.74 Å². The summed E-state index contributed by atoms with van der Waals surface area (Å²) in [6.45, 7) is 7.04. The first-order chi connectivity index (χ1) is 10.7. The molecule has 4 nitrogen and oxygen atoms in total. The average molecular weight is 359 g/mol. The number of likely N-dealkylation sites (tertiary alicyclic amines) is 1. The van der Waals surface area contributed by atoms with Crippen molar-refractivity contribution in [2.24, 2.45) is 0 Å². The van der Waals surface area contributed by atoms with Crippen molar-refractivity contribution in [3.8, 4) is 0 Å². The molecular formula is C17H24Cl2N2O2. The summed E-state index contributed by atoms with van der Waals surface area (Å²) in [6.07, 6.45) is 2.51. The summed E-state index contributed by atoms with van der Waals surface area (Å²) < 4.78 is 5.45. The van der Waals surface area contributed by atoms with E-state index in [0.29, 0.717) is 16.6 Å². The van der Waals surface area contributed by atoms with Gasteiger partial charge in [0, 0.05) is 24.2 Å². The van der Waals surface area contributed by atoms with Crippen LogP contribution in [0.1, 0.15) is 40.0 Å². The van der Waals surface area contributed by atoms with Crippen LogP contribution in [0.25, 0.3) is 0 Å². The Morgan fingerprint density at radius 3 is 2.70 bits per heavy atom. The summed E-state index contributed by atoms with van der Waals surface area (Å²) in [5.74, 6) is 0. The van der Waals surface area contributed by atoms with E-state index >= 15 is 0 Å². The Balaban J connectivity index is 1.93. The predicted molar refractivity (Wildman–Crippen MR) is 95.5 cm³/mol. The maximum Gasteiger partial charge on any atom is 0.410 e. The molecule has 6 heteroatoms. The SMILES string of the molecule is CC(C)(C)OC(=O)N1CCCC(Nc2cc(Cl)ccc2Cl)CC1. The molecule has 1 aliphatic rings. The summed E-state index contributed by atoms with van der Waals surface area (Å²) in [4.78, 5) is 14.0. The van der Waals surface area contributed by atoms with Crippen LogP contribution in [0.3, 0.4) is 0 Å². The van der Waals surface area contributed by atoms with Gasteiger partial charge in [0.15, 0.2) is 0 Å². The molecule has 1 N–H and O–H groups in total. The second kappa shape index (κ2) is 7.63. The molecule has 0 aliphatic carbocycles. The lowest BCUT2D eigenvalue weighted by atomic mass is 10.1. The van der Waals surface area contributed by atoms with E-state index in [4.69, 9.17) is 27.9 Å². The Bertz CT molecular complexity index is 558. The van der Waals surface area contributed by atoms with Crippen molar-refractivity contribution in [2.45, 2.75) is 51.7 Å². The molecule has 0 bridgehead atoms. The summed E-state index contributed by atoms with van der Waals surface area (Å²) in [6, 6.07) is 5.65. The number of nitrogens with zero attached hydrogens (tertiary/aromatic N) is 1. The lowest BCUT2D eigenvalue weighted by Crippen LogP contribution is -2.37. The van der Waals surface area contributed by atoms with Crippen molar-refractivity contribution in [3.63, 3.8) is 0 Å². The molecule has 1 fully saturated rings. The first-order valence-electron chi connectivity index (χ1n) is 7.94. The van der Waals surface area contributed by atoms with Crippen molar-refractivity contribution >= 4 is 35.0 Å². The van der Waals surface area contributed by atoms with Crippen LogP contribution in [0.4, 0.5) is 10.5 Å². The Kier molecular flexibility index (Phi) is 6.04. The fraction of sp³-hybridized carbons (Fsp3) is 0.588. The molecule has 1 aromatic rings. The van der Waals surface area contributed by atoms with Crippen molar-refractivity contribution in [1.82, 2.24) is 4.90 Å². The van der Waals surface area contributed by atoms with Gasteiger partial charge in [0.25, 0.3) is 0 Å². The fourth-order valence-corrected chi connectivity index (χ4v) is 2.92. The van der Waals surface area contributed by atoms with Crippen molar-refractivity contribution < 1.29 is 9.53 Å². The van der Waals surface area contributed by atoms with Gasteiger partial charge in [-0.2, -0.15) is 0 Å². The zero-order chi connectivity index (χ0) is 17.0. The van der Waals surface area contributed by atoms with E-state index in [9.17, 15) is 4.79 Å². The van der Waals surface area contributed by atoms with Gasteiger partial charge in [-0.25, -0.2) is 4.79 Å². The standard InChI is InChI=1S/C17H24Cl2N2O2/c1-17(2,3)23-16(22)21-9-4-5-13(8-10-21)20-15-11-12(18)6-7-14(15)19/h6-7,11,13,20H,4-5,8-10H2,1-3H3. The van der Waals surface area contributed by atoms with Crippen molar-refractivity contribution in [3.05, 3.63) is 28.2 Å². The first-order valence-corrected chi connectivity index (χ1v) is 8.70. The number of halogens is 2. The molecule has 23 heavy (non-hydrogen) atoms. The molecule has 1 aromatic carbocycles. The predicted octanol–water partition coefficient (Wildman–Crippen LogP) is 5.19. The van der Waals surface area contributed by atoms with Gasteiger partial charge >= 0.3 is 6.09 Å².